The molecule has 2 aromatic rings. The highest BCUT2D eigenvalue weighted by Crippen LogP contribution is 2.16. The van der Waals surface area contributed by atoms with Crippen molar-refractivity contribution in [2.75, 3.05) is 18.5 Å². The summed E-state index contributed by atoms with van der Waals surface area (Å²) in [6, 6.07) is 6.82. The molecule has 1 atom stereocenters. The monoisotopic (exact) mass is 295 g/mol. The number of hydrogen-bond donors (Lipinski definition) is 2. The molecule has 2 aromatic heterocycles. The first kappa shape index (κ1) is 14.7. The van der Waals surface area contributed by atoms with Crippen LogP contribution in [0, 0.1) is 11.7 Å². The van der Waals surface area contributed by atoms with Crippen LogP contribution in [-0.4, -0.2) is 28.2 Å². The number of pyridine rings is 2. The van der Waals surface area contributed by atoms with Crippen LogP contribution >= 0.6 is 11.6 Å². The second kappa shape index (κ2) is 7.17. The number of hydrogen-bond acceptors (Lipinski definition) is 4. The molecule has 0 bridgehead atoms. The van der Waals surface area contributed by atoms with Crippen LogP contribution in [0.5, 0.6) is 0 Å². The van der Waals surface area contributed by atoms with Gasteiger partial charge in [0.1, 0.15) is 0 Å². The molecule has 2 heterocycles. The van der Waals surface area contributed by atoms with Crippen LogP contribution in [0.1, 0.15) is 5.69 Å². The van der Waals surface area contributed by atoms with Gasteiger partial charge in [-0.05, 0) is 24.6 Å². The van der Waals surface area contributed by atoms with Crippen molar-refractivity contribution >= 4 is 17.4 Å². The highest BCUT2D eigenvalue weighted by atomic mass is 35.5. The van der Waals surface area contributed by atoms with Gasteiger partial charge in [-0.25, -0.2) is 9.37 Å². The van der Waals surface area contributed by atoms with E-state index in [2.05, 4.69) is 15.3 Å². The summed E-state index contributed by atoms with van der Waals surface area (Å²) >= 11 is 5.64. The first-order valence-corrected chi connectivity index (χ1v) is 6.62. The zero-order valence-electron chi connectivity index (χ0n) is 10.8. The van der Waals surface area contributed by atoms with Crippen molar-refractivity contribution in [1.82, 2.24) is 9.97 Å². The lowest BCUT2D eigenvalue weighted by atomic mass is 10.0. The van der Waals surface area contributed by atoms with Gasteiger partial charge in [0.05, 0.1) is 5.02 Å². The molecule has 2 N–H and O–H groups in total. The minimum absolute atomic E-state index is 0.0151. The predicted molar refractivity (Wildman–Crippen MR) is 76.2 cm³/mol. The fourth-order valence-electron chi connectivity index (χ4n) is 1.80. The van der Waals surface area contributed by atoms with Gasteiger partial charge in [0.15, 0.2) is 11.6 Å². The third kappa shape index (κ3) is 4.15. The molecule has 0 radical (unpaired) electrons. The lowest BCUT2D eigenvalue weighted by Crippen LogP contribution is -2.21. The number of aromatic nitrogens is 2. The summed E-state index contributed by atoms with van der Waals surface area (Å²) in [4.78, 5) is 8.08. The molecule has 106 valence electrons. The van der Waals surface area contributed by atoms with E-state index >= 15 is 0 Å². The Kier molecular flexibility index (Phi) is 5.26. The van der Waals surface area contributed by atoms with Gasteiger partial charge in [-0.1, -0.05) is 17.7 Å². The number of halogens is 2. The molecule has 0 aliphatic carbocycles. The molecule has 2 rings (SSSR count). The highest BCUT2D eigenvalue weighted by Gasteiger charge is 2.11. The van der Waals surface area contributed by atoms with E-state index in [-0.39, 0.29) is 23.4 Å². The smallest absolute Gasteiger partial charge is 0.166 e. The first-order chi connectivity index (χ1) is 9.69. The van der Waals surface area contributed by atoms with Gasteiger partial charge < -0.3 is 10.4 Å². The second-order valence-corrected chi connectivity index (χ2v) is 4.88. The summed E-state index contributed by atoms with van der Waals surface area (Å²) in [7, 11) is 0. The second-order valence-electron chi connectivity index (χ2n) is 4.44. The third-order valence-electron chi connectivity index (χ3n) is 2.85. The summed E-state index contributed by atoms with van der Waals surface area (Å²) in [6.07, 6.45) is 3.69. The maximum atomic E-state index is 13.5. The van der Waals surface area contributed by atoms with Crippen molar-refractivity contribution in [2.45, 2.75) is 6.42 Å². The highest BCUT2D eigenvalue weighted by molar-refractivity contribution is 6.30. The molecule has 4 nitrogen and oxygen atoms in total. The SMILES string of the molecule is OCC(CNc1ncc(Cl)cc1F)Cc1ccccn1. The Bertz CT molecular complexity index is 553. The average Bonchev–Trinajstić information content (AvgIpc) is 2.46. The fourth-order valence-corrected chi connectivity index (χ4v) is 1.95. The van der Waals surface area contributed by atoms with Gasteiger partial charge in [0.25, 0.3) is 0 Å². The molecule has 6 heteroatoms. The van der Waals surface area contributed by atoms with Gasteiger partial charge in [0.2, 0.25) is 0 Å². The van der Waals surface area contributed by atoms with Crippen molar-refractivity contribution in [2.24, 2.45) is 5.92 Å². The van der Waals surface area contributed by atoms with Gasteiger partial charge in [0, 0.05) is 37.2 Å². The van der Waals surface area contributed by atoms with Crippen LogP contribution in [0.25, 0.3) is 0 Å². The molecule has 0 amide bonds. The van der Waals surface area contributed by atoms with E-state index in [0.717, 1.165) is 5.69 Å². The number of nitrogens with one attached hydrogen (secondary N) is 1. The minimum Gasteiger partial charge on any atom is -0.396 e. The van der Waals surface area contributed by atoms with E-state index in [0.29, 0.717) is 13.0 Å². The van der Waals surface area contributed by atoms with Crippen molar-refractivity contribution in [3.05, 3.63) is 53.2 Å². The number of anilines is 1. The van der Waals surface area contributed by atoms with E-state index in [1.807, 2.05) is 18.2 Å². The van der Waals surface area contributed by atoms with Crippen LogP contribution < -0.4 is 5.32 Å². The number of nitrogens with zero attached hydrogens (tertiary/aromatic N) is 2. The molecule has 20 heavy (non-hydrogen) atoms. The van der Waals surface area contributed by atoms with Gasteiger partial charge >= 0.3 is 0 Å². The molecule has 0 aromatic carbocycles. The summed E-state index contributed by atoms with van der Waals surface area (Å²) in [5, 5.41) is 12.5. The number of aliphatic hydroxyl groups excluding tert-OH is 1. The van der Waals surface area contributed by atoms with Crippen molar-refractivity contribution < 1.29 is 9.50 Å². The van der Waals surface area contributed by atoms with Crippen molar-refractivity contribution in [3.8, 4) is 0 Å². The number of rotatable bonds is 6. The van der Waals surface area contributed by atoms with E-state index in [1.165, 1.54) is 12.3 Å². The lowest BCUT2D eigenvalue weighted by molar-refractivity contribution is 0.231. The Morgan fingerprint density at radius 3 is 2.85 bits per heavy atom. The van der Waals surface area contributed by atoms with E-state index < -0.39 is 5.82 Å². The van der Waals surface area contributed by atoms with E-state index in [1.54, 1.807) is 6.20 Å². The van der Waals surface area contributed by atoms with Gasteiger partial charge in [-0.3, -0.25) is 4.98 Å². The maximum Gasteiger partial charge on any atom is 0.166 e. The lowest BCUT2D eigenvalue weighted by Gasteiger charge is -2.15. The third-order valence-corrected chi connectivity index (χ3v) is 3.05. The average molecular weight is 296 g/mol. The Morgan fingerprint density at radius 2 is 2.20 bits per heavy atom. The van der Waals surface area contributed by atoms with Crippen LogP contribution in [-0.2, 0) is 6.42 Å². The zero-order chi connectivity index (χ0) is 14.4. The molecular weight excluding hydrogens is 281 g/mol. The summed E-state index contributed by atoms with van der Waals surface area (Å²) < 4.78 is 13.5. The van der Waals surface area contributed by atoms with E-state index in [4.69, 9.17) is 11.6 Å². The Hall–Kier alpha value is -1.72. The van der Waals surface area contributed by atoms with Crippen LogP contribution in [0.15, 0.2) is 36.7 Å². The van der Waals surface area contributed by atoms with Crippen LogP contribution in [0.3, 0.4) is 0 Å². The Balaban J connectivity index is 1.93. The summed E-state index contributed by atoms with van der Waals surface area (Å²) in [5.41, 5.74) is 0.887. The van der Waals surface area contributed by atoms with Crippen molar-refractivity contribution in [1.29, 1.82) is 0 Å². The molecule has 0 aliphatic rings. The molecular formula is C14H15ClFN3O. The zero-order valence-corrected chi connectivity index (χ0v) is 11.5. The molecule has 0 saturated carbocycles. The Morgan fingerprint density at radius 1 is 1.35 bits per heavy atom. The fraction of sp³-hybridized carbons (Fsp3) is 0.286. The molecule has 1 unspecified atom stereocenters. The quantitative estimate of drug-likeness (QED) is 0.860. The topological polar surface area (TPSA) is 58.0 Å². The minimum atomic E-state index is -0.507. The van der Waals surface area contributed by atoms with E-state index in [9.17, 15) is 9.50 Å². The molecule has 0 saturated heterocycles. The standard InChI is InChI=1S/C14H15ClFN3O/c15-11-6-13(16)14(19-8-11)18-7-10(9-20)5-12-3-1-2-4-17-12/h1-4,6,8,10,20H,5,7,9H2,(H,18,19). The summed E-state index contributed by atoms with van der Waals surface area (Å²) in [5.74, 6) is -0.442. The van der Waals surface area contributed by atoms with Crippen LogP contribution in [0.2, 0.25) is 5.02 Å². The summed E-state index contributed by atoms with van der Waals surface area (Å²) in [6.45, 7) is 0.386. The number of aliphatic hydroxyl groups is 1. The molecule has 0 fully saturated rings. The molecule has 0 aliphatic heterocycles. The Labute approximate surface area is 121 Å². The van der Waals surface area contributed by atoms with Gasteiger partial charge in [-0.2, -0.15) is 0 Å². The largest absolute Gasteiger partial charge is 0.396 e. The van der Waals surface area contributed by atoms with Crippen LogP contribution in [0.4, 0.5) is 10.2 Å². The molecule has 0 spiro atoms. The van der Waals surface area contributed by atoms with Crippen molar-refractivity contribution in [3.63, 3.8) is 0 Å². The normalized spacial score (nSPS) is 12.2. The van der Waals surface area contributed by atoms with Gasteiger partial charge in [-0.15, -0.1) is 0 Å². The maximum absolute atomic E-state index is 13.5. The predicted octanol–water partition coefficient (Wildman–Crippen LogP) is 2.53. The first-order valence-electron chi connectivity index (χ1n) is 6.24.